The number of fused-ring (bicyclic) bond motifs is 1. The molecule has 7 heteroatoms. The lowest BCUT2D eigenvalue weighted by molar-refractivity contribution is -0.119. The van der Waals surface area contributed by atoms with Crippen molar-refractivity contribution in [2.24, 2.45) is 0 Å². The number of para-hydroxylation sites is 1. The smallest absolute Gasteiger partial charge is 0.253 e. The number of amides is 2. The summed E-state index contributed by atoms with van der Waals surface area (Å²) < 4.78 is 5.86. The van der Waals surface area contributed by atoms with Crippen LogP contribution in [-0.2, 0) is 11.2 Å². The SMILES string of the molecule is CN(CCC#N)CCCCCOc1ccc(C(=O)N2CCC(N3C(=O)CCc4ccccc43)CC2)cc1. The van der Waals surface area contributed by atoms with Crippen LogP contribution in [0.4, 0.5) is 5.69 Å². The second-order valence-corrected chi connectivity index (χ2v) is 10.1. The Morgan fingerprint density at radius 3 is 2.54 bits per heavy atom. The Hall–Kier alpha value is -3.37. The minimum Gasteiger partial charge on any atom is -0.494 e. The average Bonchev–Trinajstić information content (AvgIpc) is 2.94. The van der Waals surface area contributed by atoms with Gasteiger partial charge in [-0.3, -0.25) is 9.59 Å². The summed E-state index contributed by atoms with van der Waals surface area (Å²) in [5.74, 6) is 1.02. The summed E-state index contributed by atoms with van der Waals surface area (Å²) in [5, 5.41) is 8.64. The minimum atomic E-state index is 0.0379. The molecule has 0 spiro atoms. The average molecular weight is 503 g/mol. The number of unbranched alkanes of at least 4 members (excludes halogenated alkanes) is 2. The number of likely N-dealkylation sites (tertiary alicyclic amines) is 1. The highest BCUT2D eigenvalue weighted by atomic mass is 16.5. The van der Waals surface area contributed by atoms with Crippen molar-refractivity contribution in [2.75, 3.05) is 44.7 Å². The maximum atomic E-state index is 13.1. The Balaban J connectivity index is 1.19. The van der Waals surface area contributed by atoms with E-state index in [0.29, 0.717) is 38.1 Å². The van der Waals surface area contributed by atoms with Crippen LogP contribution in [0.25, 0.3) is 0 Å². The number of ether oxygens (including phenoxy) is 1. The summed E-state index contributed by atoms with van der Waals surface area (Å²) >= 11 is 0. The van der Waals surface area contributed by atoms with Crippen molar-refractivity contribution in [2.45, 2.75) is 57.4 Å². The van der Waals surface area contributed by atoms with E-state index in [0.717, 1.165) is 63.1 Å². The molecule has 2 heterocycles. The van der Waals surface area contributed by atoms with Crippen molar-refractivity contribution in [3.63, 3.8) is 0 Å². The van der Waals surface area contributed by atoms with E-state index in [-0.39, 0.29) is 17.9 Å². The molecule has 2 amide bonds. The van der Waals surface area contributed by atoms with Gasteiger partial charge in [0.1, 0.15) is 5.75 Å². The van der Waals surface area contributed by atoms with Crippen LogP contribution in [0.3, 0.4) is 0 Å². The molecule has 0 radical (unpaired) electrons. The summed E-state index contributed by atoms with van der Waals surface area (Å²) in [5.41, 5.74) is 2.95. The van der Waals surface area contributed by atoms with E-state index in [1.54, 1.807) is 0 Å². The lowest BCUT2D eigenvalue weighted by Gasteiger charge is -2.41. The zero-order chi connectivity index (χ0) is 26.0. The Morgan fingerprint density at radius 1 is 1.03 bits per heavy atom. The number of hydrogen-bond donors (Lipinski definition) is 0. The molecule has 0 unspecified atom stereocenters. The highest BCUT2D eigenvalue weighted by molar-refractivity contribution is 5.97. The second-order valence-electron chi connectivity index (χ2n) is 10.1. The zero-order valence-electron chi connectivity index (χ0n) is 21.9. The molecule has 196 valence electrons. The normalized spacial score (nSPS) is 16.0. The minimum absolute atomic E-state index is 0.0379. The molecule has 0 bridgehead atoms. The fourth-order valence-corrected chi connectivity index (χ4v) is 5.26. The van der Waals surface area contributed by atoms with Gasteiger partial charge in [0.25, 0.3) is 5.91 Å². The molecule has 1 saturated heterocycles. The molecular formula is C30H38N4O3. The number of anilines is 1. The molecule has 2 aromatic rings. The van der Waals surface area contributed by atoms with Gasteiger partial charge in [0, 0.05) is 49.8 Å². The predicted octanol–water partition coefficient (Wildman–Crippen LogP) is 4.67. The summed E-state index contributed by atoms with van der Waals surface area (Å²) in [6, 6.07) is 17.9. The Labute approximate surface area is 220 Å². The van der Waals surface area contributed by atoms with Crippen molar-refractivity contribution in [1.82, 2.24) is 9.80 Å². The van der Waals surface area contributed by atoms with Crippen LogP contribution in [0, 0.1) is 11.3 Å². The summed E-state index contributed by atoms with van der Waals surface area (Å²) in [4.78, 5) is 31.9. The molecule has 4 rings (SSSR count). The van der Waals surface area contributed by atoms with Gasteiger partial charge in [-0.15, -0.1) is 0 Å². The molecule has 37 heavy (non-hydrogen) atoms. The van der Waals surface area contributed by atoms with Crippen LogP contribution in [0.1, 0.15) is 60.9 Å². The van der Waals surface area contributed by atoms with E-state index in [4.69, 9.17) is 10.00 Å². The van der Waals surface area contributed by atoms with Gasteiger partial charge in [-0.25, -0.2) is 0 Å². The fraction of sp³-hybridized carbons (Fsp3) is 0.500. The molecule has 0 N–H and O–H groups in total. The van der Waals surface area contributed by atoms with Crippen molar-refractivity contribution < 1.29 is 14.3 Å². The highest BCUT2D eigenvalue weighted by Crippen LogP contribution is 2.32. The van der Waals surface area contributed by atoms with Gasteiger partial charge in [-0.05, 0) is 88.0 Å². The van der Waals surface area contributed by atoms with Crippen molar-refractivity contribution >= 4 is 17.5 Å². The van der Waals surface area contributed by atoms with Crippen LogP contribution in [0.15, 0.2) is 48.5 Å². The third-order valence-electron chi connectivity index (χ3n) is 7.40. The summed E-state index contributed by atoms with van der Waals surface area (Å²) in [6.07, 6.45) is 6.68. The number of hydrogen-bond acceptors (Lipinski definition) is 5. The second kappa shape index (κ2) is 13.3. The van der Waals surface area contributed by atoms with E-state index < -0.39 is 0 Å². The third kappa shape index (κ3) is 7.11. The monoisotopic (exact) mass is 502 g/mol. The molecule has 0 aromatic heterocycles. The topological polar surface area (TPSA) is 76.9 Å². The van der Waals surface area contributed by atoms with Gasteiger partial charge in [0.05, 0.1) is 12.7 Å². The lowest BCUT2D eigenvalue weighted by atomic mass is 9.95. The lowest BCUT2D eigenvalue weighted by Crippen LogP contribution is -2.50. The van der Waals surface area contributed by atoms with E-state index in [1.807, 2.05) is 59.3 Å². The molecule has 2 aliphatic heterocycles. The first-order chi connectivity index (χ1) is 18.1. The largest absolute Gasteiger partial charge is 0.494 e. The van der Waals surface area contributed by atoms with Gasteiger partial charge in [-0.1, -0.05) is 18.2 Å². The summed E-state index contributed by atoms with van der Waals surface area (Å²) in [6.45, 7) is 3.78. The van der Waals surface area contributed by atoms with Crippen molar-refractivity contribution in [3.8, 4) is 11.8 Å². The molecule has 1 fully saturated rings. The van der Waals surface area contributed by atoms with Crippen LogP contribution < -0.4 is 9.64 Å². The van der Waals surface area contributed by atoms with Crippen molar-refractivity contribution in [1.29, 1.82) is 5.26 Å². The molecule has 2 aliphatic rings. The predicted molar refractivity (Wildman–Crippen MR) is 145 cm³/mol. The number of aryl methyl sites for hydroxylation is 1. The first kappa shape index (κ1) is 26.7. The third-order valence-corrected chi connectivity index (χ3v) is 7.40. The number of carbonyl (C=O) groups is 2. The molecule has 7 nitrogen and oxygen atoms in total. The maximum absolute atomic E-state index is 13.1. The first-order valence-electron chi connectivity index (χ1n) is 13.5. The Kier molecular flexibility index (Phi) is 9.56. The number of carbonyl (C=O) groups excluding carboxylic acids is 2. The molecule has 2 aromatic carbocycles. The van der Waals surface area contributed by atoms with E-state index >= 15 is 0 Å². The zero-order valence-corrected chi connectivity index (χ0v) is 21.9. The van der Waals surface area contributed by atoms with E-state index in [1.165, 1.54) is 5.56 Å². The van der Waals surface area contributed by atoms with E-state index in [2.05, 4.69) is 17.0 Å². The number of piperidine rings is 1. The summed E-state index contributed by atoms with van der Waals surface area (Å²) in [7, 11) is 2.05. The Morgan fingerprint density at radius 2 is 1.78 bits per heavy atom. The standard InChI is InChI=1S/C30H38N4O3/c1-32(20-7-18-31)19-5-2-6-23-37-27-13-10-25(11-14-27)30(36)33-21-16-26(17-22-33)34-28-9-4-3-8-24(28)12-15-29(34)35/h3-4,8-11,13-14,26H,2,5-7,12,15-17,19-23H2,1H3. The maximum Gasteiger partial charge on any atom is 0.253 e. The van der Waals surface area contributed by atoms with Crippen LogP contribution in [0.5, 0.6) is 5.75 Å². The highest BCUT2D eigenvalue weighted by Gasteiger charge is 2.33. The van der Waals surface area contributed by atoms with Gasteiger partial charge in [0.2, 0.25) is 5.91 Å². The number of nitrogens with zero attached hydrogens (tertiary/aromatic N) is 4. The van der Waals surface area contributed by atoms with Crippen molar-refractivity contribution in [3.05, 3.63) is 59.7 Å². The number of rotatable bonds is 11. The quantitative estimate of drug-likeness (QED) is 0.418. The van der Waals surface area contributed by atoms with Gasteiger partial charge >= 0.3 is 0 Å². The first-order valence-corrected chi connectivity index (χ1v) is 13.5. The van der Waals surface area contributed by atoms with Gasteiger partial charge in [-0.2, -0.15) is 5.26 Å². The van der Waals surface area contributed by atoms with Crippen LogP contribution in [-0.4, -0.2) is 67.5 Å². The molecule has 0 atom stereocenters. The molecule has 0 saturated carbocycles. The van der Waals surface area contributed by atoms with Gasteiger partial charge in [0.15, 0.2) is 0 Å². The number of nitriles is 1. The molecule has 0 aliphatic carbocycles. The van der Waals surface area contributed by atoms with E-state index in [9.17, 15) is 9.59 Å². The Bertz CT molecular complexity index is 1090. The molecular weight excluding hydrogens is 464 g/mol. The van der Waals surface area contributed by atoms with Crippen LogP contribution in [0.2, 0.25) is 0 Å². The van der Waals surface area contributed by atoms with Gasteiger partial charge < -0.3 is 19.4 Å². The number of benzene rings is 2. The fourth-order valence-electron chi connectivity index (χ4n) is 5.26. The van der Waals surface area contributed by atoms with Crippen LogP contribution >= 0.6 is 0 Å².